The Balaban J connectivity index is 2.31. The SMILES string of the molecule is O=C(CCl)NCCc1ccc(Cl)cc1. The quantitative estimate of drug-likeness (QED) is 0.792. The van der Waals surface area contributed by atoms with Crippen molar-refractivity contribution in [3.63, 3.8) is 0 Å². The van der Waals surface area contributed by atoms with E-state index in [1.54, 1.807) is 0 Å². The van der Waals surface area contributed by atoms with Crippen LogP contribution >= 0.6 is 23.2 Å². The third-order valence-corrected chi connectivity index (χ3v) is 2.27. The van der Waals surface area contributed by atoms with Crippen molar-refractivity contribution >= 4 is 29.1 Å². The van der Waals surface area contributed by atoms with Crippen molar-refractivity contribution in [2.75, 3.05) is 12.4 Å². The minimum atomic E-state index is -0.138. The van der Waals surface area contributed by atoms with E-state index in [0.717, 1.165) is 17.0 Å². The first-order valence-electron chi connectivity index (χ1n) is 4.29. The molecule has 0 fully saturated rings. The first kappa shape index (κ1) is 11.3. The van der Waals surface area contributed by atoms with Gasteiger partial charge in [0.15, 0.2) is 0 Å². The molecule has 14 heavy (non-hydrogen) atoms. The second-order valence-corrected chi connectivity index (χ2v) is 3.56. The van der Waals surface area contributed by atoms with Crippen molar-refractivity contribution in [2.45, 2.75) is 6.42 Å². The van der Waals surface area contributed by atoms with Crippen LogP contribution in [-0.4, -0.2) is 18.3 Å². The Labute approximate surface area is 93.2 Å². The number of hydrogen-bond acceptors (Lipinski definition) is 1. The van der Waals surface area contributed by atoms with Gasteiger partial charge in [-0.05, 0) is 24.1 Å². The predicted molar refractivity (Wildman–Crippen MR) is 58.9 cm³/mol. The molecule has 1 aromatic carbocycles. The Hall–Kier alpha value is -0.730. The van der Waals surface area contributed by atoms with Crippen LogP contribution in [0.4, 0.5) is 0 Å². The molecular weight excluding hydrogens is 221 g/mol. The van der Waals surface area contributed by atoms with E-state index in [1.165, 1.54) is 0 Å². The smallest absolute Gasteiger partial charge is 0.234 e. The van der Waals surface area contributed by atoms with Crippen LogP contribution in [0.15, 0.2) is 24.3 Å². The van der Waals surface area contributed by atoms with Gasteiger partial charge in [-0.25, -0.2) is 0 Å². The number of halogens is 2. The monoisotopic (exact) mass is 231 g/mol. The fourth-order valence-electron chi connectivity index (χ4n) is 1.04. The Morgan fingerprint density at radius 2 is 1.93 bits per heavy atom. The standard InChI is InChI=1S/C10H11Cl2NO/c11-7-10(14)13-6-5-8-1-3-9(12)4-2-8/h1-4H,5-7H2,(H,13,14). The summed E-state index contributed by atoms with van der Waals surface area (Å²) in [6.07, 6.45) is 0.791. The normalized spacial score (nSPS) is 9.86. The van der Waals surface area contributed by atoms with Crippen LogP contribution in [-0.2, 0) is 11.2 Å². The Morgan fingerprint density at radius 3 is 2.50 bits per heavy atom. The van der Waals surface area contributed by atoms with Gasteiger partial charge in [0.1, 0.15) is 5.88 Å². The topological polar surface area (TPSA) is 29.1 Å². The lowest BCUT2D eigenvalue weighted by molar-refractivity contribution is -0.118. The molecule has 2 nitrogen and oxygen atoms in total. The zero-order chi connectivity index (χ0) is 10.4. The molecular formula is C10H11Cl2NO. The molecule has 0 saturated heterocycles. The van der Waals surface area contributed by atoms with E-state index in [4.69, 9.17) is 23.2 Å². The van der Waals surface area contributed by atoms with E-state index in [1.807, 2.05) is 24.3 Å². The van der Waals surface area contributed by atoms with Gasteiger partial charge in [-0.2, -0.15) is 0 Å². The molecule has 1 aromatic rings. The fourth-order valence-corrected chi connectivity index (χ4v) is 1.27. The molecule has 0 heterocycles. The maximum absolute atomic E-state index is 10.8. The molecule has 76 valence electrons. The van der Waals surface area contributed by atoms with Crippen molar-refractivity contribution in [2.24, 2.45) is 0 Å². The summed E-state index contributed by atoms with van der Waals surface area (Å²) in [5.74, 6) is -0.124. The zero-order valence-corrected chi connectivity index (χ0v) is 9.11. The van der Waals surface area contributed by atoms with Gasteiger partial charge < -0.3 is 5.32 Å². The summed E-state index contributed by atoms with van der Waals surface area (Å²) in [5, 5.41) is 3.41. The maximum Gasteiger partial charge on any atom is 0.234 e. The van der Waals surface area contributed by atoms with Crippen molar-refractivity contribution in [1.29, 1.82) is 0 Å². The number of carbonyl (C=O) groups excluding carboxylic acids is 1. The third kappa shape index (κ3) is 3.99. The average Bonchev–Trinajstić information content (AvgIpc) is 2.21. The van der Waals surface area contributed by atoms with Gasteiger partial charge in [-0.3, -0.25) is 4.79 Å². The van der Waals surface area contributed by atoms with Gasteiger partial charge >= 0.3 is 0 Å². The molecule has 0 aliphatic rings. The molecule has 1 N–H and O–H groups in total. The van der Waals surface area contributed by atoms with E-state index in [0.29, 0.717) is 6.54 Å². The first-order chi connectivity index (χ1) is 6.72. The van der Waals surface area contributed by atoms with E-state index in [-0.39, 0.29) is 11.8 Å². The summed E-state index contributed by atoms with van der Waals surface area (Å²) in [6, 6.07) is 7.55. The predicted octanol–water partition coefficient (Wildman–Crippen LogP) is 2.24. The van der Waals surface area contributed by atoms with Gasteiger partial charge in [0.05, 0.1) is 0 Å². The van der Waals surface area contributed by atoms with E-state index in [9.17, 15) is 4.79 Å². The van der Waals surface area contributed by atoms with E-state index >= 15 is 0 Å². The summed E-state index contributed by atoms with van der Waals surface area (Å²) >= 11 is 11.1. The highest BCUT2D eigenvalue weighted by Gasteiger charge is 1.97. The minimum absolute atomic E-state index is 0.0145. The maximum atomic E-state index is 10.8. The summed E-state index contributed by atoms with van der Waals surface area (Å²) in [4.78, 5) is 10.8. The molecule has 0 unspecified atom stereocenters. The Bertz CT molecular complexity index is 297. The van der Waals surface area contributed by atoms with E-state index in [2.05, 4.69) is 5.32 Å². The fraction of sp³-hybridized carbons (Fsp3) is 0.300. The third-order valence-electron chi connectivity index (χ3n) is 1.77. The van der Waals surface area contributed by atoms with Crippen LogP contribution in [0.25, 0.3) is 0 Å². The highest BCUT2D eigenvalue weighted by molar-refractivity contribution is 6.30. The number of nitrogens with one attached hydrogen (secondary N) is 1. The number of alkyl halides is 1. The number of rotatable bonds is 4. The molecule has 0 aromatic heterocycles. The van der Waals surface area contributed by atoms with Gasteiger partial charge in [-0.1, -0.05) is 23.7 Å². The number of carbonyl (C=O) groups is 1. The molecule has 4 heteroatoms. The highest BCUT2D eigenvalue weighted by atomic mass is 35.5. The van der Waals surface area contributed by atoms with Crippen LogP contribution in [0, 0.1) is 0 Å². The number of benzene rings is 1. The van der Waals surface area contributed by atoms with Crippen LogP contribution in [0.3, 0.4) is 0 Å². The van der Waals surface area contributed by atoms with Gasteiger partial charge in [0.2, 0.25) is 5.91 Å². The van der Waals surface area contributed by atoms with Crippen molar-refractivity contribution in [1.82, 2.24) is 5.32 Å². The lowest BCUT2D eigenvalue weighted by Gasteiger charge is -2.03. The Morgan fingerprint density at radius 1 is 1.29 bits per heavy atom. The Kier molecular flexibility index (Phi) is 4.77. The van der Waals surface area contributed by atoms with E-state index < -0.39 is 0 Å². The highest BCUT2D eigenvalue weighted by Crippen LogP contribution is 2.09. The second kappa shape index (κ2) is 5.89. The van der Waals surface area contributed by atoms with Crippen LogP contribution < -0.4 is 5.32 Å². The molecule has 0 aliphatic carbocycles. The molecule has 0 saturated carbocycles. The second-order valence-electron chi connectivity index (χ2n) is 2.86. The van der Waals surface area contributed by atoms with Crippen LogP contribution in [0.5, 0.6) is 0 Å². The van der Waals surface area contributed by atoms with Gasteiger partial charge in [-0.15, -0.1) is 11.6 Å². The summed E-state index contributed by atoms with van der Waals surface area (Å²) in [6.45, 7) is 0.604. The summed E-state index contributed by atoms with van der Waals surface area (Å²) < 4.78 is 0. The lowest BCUT2D eigenvalue weighted by atomic mass is 10.1. The number of hydrogen-bond donors (Lipinski definition) is 1. The molecule has 0 radical (unpaired) electrons. The molecule has 0 aliphatic heterocycles. The molecule has 0 atom stereocenters. The molecule has 0 bridgehead atoms. The largest absolute Gasteiger partial charge is 0.355 e. The molecule has 1 amide bonds. The van der Waals surface area contributed by atoms with Crippen molar-refractivity contribution < 1.29 is 4.79 Å². The average molecular weight is 232 g/mol. The van der Waals surface area contributed by atoms with Gasteiger partial charge in [0, 0.05) is 11.6 Å². The summed E-state index contributed by atoms with van der Waals surface area (Å²) in [7, 11) is 0. The number of amides is 1. The summed E-state index contributed by atoms with van der Waals surface area (Å²) in [5.41, 5.74) is 1.14. The minimum Gasteiger partial charge on any atom is -0.355 e. The van der Waals surface area contributed by atoms with Crippen LogP contribution in [0.1, 0.15) is 5.56 Å². The van der Waals surface area contributed by atoms with Gasteiger partial charge in [0.25, 0.3) is 0 Å². The zero-order valence-electron chi connectivity index (χ0n) is 7.59. The van der Waals surface area contributed by atoms with Crippen LogP contribution in [0.2, 0.25) is 5.02 Å². The molecule has 1 rings (SSSR count). The molecule has 0 spiro atoms. The van der Waals surface area contributed by atoms with Crippen molar-refractivity contribution in [3.8, 4) is 0 Å². The van der Waals surface area contributed by atoms with Crippen molar-refractivity contribution in [3.05, 3.63) is 34.9 Å². The first-order valence-corrected chi connectivity index (χ1v) is 5.20. The lowest BCUT2D eigenvalue weighted by Crippen LogP contribution is -2.26.